The summed E-state index contributed by atoms with van der Waals surface area (Å²) in [6.07, 6.45) is 1.05. The van der Waals surface area contributed by atoms with Crippen molar-refractivity contribution in [3.63, 3.8) is 0 Å². The van der Waals surface area contributed by atoms with Crippen molar-refractivity contribution in [2.75, 3.05) is 13.7 Å². The van der Waals surface area contributed by atoms with E-state index in [0.29, 0.717) is 31.1 Å². The van der Waals surface area contributed by atoms with Gasteiger partial charge < -0.3 is 9.47 Å². The first kappa shape index (κ1) is 13.0. The highest BCUT2D eigenvalue weighted by Gasteiger charge is 2.01. The maximum atomic E-state index is 10.8. The van der Waals surface area contributed by atoms with Crippen LogP contribution in [0.2, 0.25) is 5.02 Å². The number of carbonyl (C=O) groups is 1. The normalized spacial score (nSPS) is 10.1. The molecule has 0 aliphatic rings. The van der Waals surface area contributed by atoms with Crippen LogP contribution in [0, 0.1) is 0 Å². The summed E-state index contributed by atoms with van der Waals surface area (Å²) in [5.74, 6) is -0.207. The van der Waals surface area contributed by atoms with Crippen molar-refractivity contribution < 1.29 is 14.3 Å². The molecule has 0 atom stereocenters. The summed E-state index contributed by atoms with van der Waals surface area (Å²) in [5.41, 5.74) is 0.960. The van der Waals surface area contributed by atoms with Gasteiger partial charge in [-0.05, 0) is 18.1 Å². The quantitative estimate of drug-likeness (QED) is 0.568. The number of ether oxygens (including phenoxy) is 2. The molecule has 4 heteroatoms. The highest BCUT2D eigenvalue weighted by Crippen LogP contribution is 2.15. The van der Waals surface area contributed by atoms with Crippen LogP contribution in [-0.2, 0) is 20.9 Å². The van der Waals surface area contributed by atoms with Gasteiger partial charge >= 0.3 is 5.97 Å². The van der Waals surface area contributed by atoms with Crippen LogP contribution >= 0.6 is 11.6 Å². The number of methoxy groups -OCH3 is 1. The largest absolute Gasteiger partial charge is 0.469 e. The van der Waals surface area contributed by atoms with Crippen molar-refractivity contribution in [1.29, 1.82) is 0 Å². The zero-order chi connectivity index (χ0) is 11.8. The summed E-state index contributed by atoms with van der Waals surface area (Å²) in [5, 5.41) is 0.704. The Morgan fingerprint density at radius 3 is 2.81 bits per heavy atom. The van der Waals surface area contributed by atoms with Gasteiger partial charge in [0.25, 0.3) is 0 Å². The van der Waals surface area contributed by atoms with Gasteiger partial charge in [0.05, 0.1) is 13.7 Å². The Balaban J connectivity index is 2.17. The number of hydrogen-bond acceptors (Lipinski definition) is 3. The molecule has 0 unspecified atom stereocenters. The number of carbonyl (C=O) groups excluding carboxylic acids is 1. The van der Waals surface area contributed by atoms with Crippen molar-refractivity contribution in [2.24, 2.45) is 0 Å². The fourth-order valence-corrected chi connectivity index (χ4v) is 1.41. The zero-order valence-corrected chi connectivity index (χ0v) is 10.00. The number of benzene rings is 1. The van der Waals surface area contributed by atoms with Crippen LogP contribution in [-0.4, -0.2) is 19.7 Å². The summed E-state index contributed by atoms with van der Waals surface area (Å²) in [4.78, 5) is 10.8. The Labute approximate surface area is 100 Å². The molecule has 0 aliphatic heterocycles. The predicted molar refractivity (Wildman–Crippen MR) is 62.4 cm³/mol. The van der Waals surface area contributed by atoms with Gasteiger partial charge in [0.2, 0.25) is 0 Å². The summed E-state index contributed by atoms with van der Waals surface area (Å²) < 4.78 is 9.92. The Morgan fingerprint density at radius 1 is 1.38 bits per heavy atom. The van der Waals surface area contributed by atoms with Crippen molar-refractivity contribution in [2.45, 2.75) is 19.4 Å². The van der Waals surface area contributed by atoms with E-state index in [1.807, 2.05) is 24.3 Å². The second-order valence-electron chi connectivity index (χ2n) is 3.32. The van der Waals surface area contributed by atoms with Crippen LogP contribution in [0.1, 0.15) is 18.4 Å². The molecule has 1 rings (SSSR count). The smallest absolute Gasteiger partial charge is 0.305 e. The Kier molecular flexibility index (Phi) is 5.90. The molecular formula is C12H15ClO3. The second-order valence-corrected chi connectivity index (χ2v) is 3.73. The maximum absolute atomic E-state index is 10.8. The van der Waals surface area contributed by atoms with Crippen LogP contribution in [0.15, 0.2) is 24.3 Å². The zero-order valence-electron chi connectivity index (χ0n) is 9.24. The third-order valence-corrected chi connectivity index (χ3v) is 2.48. The molecule has 88 valence electrons. The van der Waals surface area contributed by atoms with Gasteiger partial charge in [-0.3, -0.25) is 4.79 Å². The lowest BCUT2D eigenvalue weighted by Gasteiger charge is -2.05. The molecule has 16 heavy (non-hydrogen) atoms. The maximum Gasteiger partial charge on any atom is 0.305 e. The fraction of sp³-hybridized carbons (Fsp3) is 0.417. The van der Waals surface area contributed by atoms with Crippen LogP contribution in [0.3, 0.4) is 0 Å². The lowest BCUT2D eigenvalue weighted by Crippen LogP contribution is -2.03. The number of rotatable bonds is 6. The van der Waals surface area contributed by atoms with E-state index in [1.165, 1.54) is 7.11 Å². The van der Waals surface area contributed by atoms with Crippen LogP contribution in [0.4, 0.5) is 0 Å². The predicted octanol–water partition coefficient (Wildman–Crippen LogP) is 2.81. The van der Waals surface area contributed by atoms with Crippen molar-refractivity contribution >= 4 is 17.6 Å². The van der Waals surface area contributed by atoms with E-state index >= 15 is 0 Å². The lowest BCUT2D eigenvalue weighted by atomic mass is 10.2. The van der Waals surface area contributed by atoms with Gasteiger partial charge in [0, 0.05) is 18.1 Å². The first-order valence-corrected chi connectivity index (χ1v) is 5.50. The molecule has 0 bridgehead atoms. The minimum atomic E-state index is -0.207. The average molecular weight is 243 g/mol. The summed E-state index contributed by atoms with van der Waals surface area (Å²) in [6, 6.07) is 7.54. The molecule has 0 saturated carbocycles. The minimum absolute atomic E-state index is 0.207. The van der Waals surface area contributed by atoms with Gasteiger partial charge in [-0.25, -0.2) is 0 Å². The monoisotopic (exact) mass is 242 g/mol. The van der Waals surface area contributed by atoms with Crippen LogP contribution in [0.25, 0.3) is 0 Å². The van der Waals surface area contributed by atoms with Crippen LogP contribution in [0.5, 0.6) is 0 Å². The molecule has 0 saturated heterocycles. The fourth-order valence-electron chi connectivity index (χ4n) is 1.22. The highest BCUT2D eigenvalue weighted by molar-refractivity contribution is 6.31. The molecule has 1 aromatic rings. The van der Waals surface area contributed by atoms with Gasteiger partial charge in [-0.15, -0.1) is 0 Å². The SMILES string of the molecule is COC(=O)CCCOCc1ccccc1Cl. The average Bonchev–Trinajstić information content (AvgIpc) is 2.30. The first-order valence-electron chi connectivity index (χ1n) is 5.12. The molecule has 0 radical (unpaired) electrons. The molecule has 0 N–H and O–H groups in total. The molecule has 0 fully saturated rings. The lowest BCUT2D eigenvalue weighted by molar-refractivity contribution is -0.141. The summed E-state index contributed by atoms with van der Waals surface area (Å²) in [6.45, 7) is 1.00. The van der Waals surface area contributed by atoms with Gasteiger partial charge in [0.15, 0.2) is 0 Å². The van der Waals surface area contributed by atoms with Crippen LogP contribution < -0.4 is 0 Å². The van der Waals surface area contributed by atoms with Gasteiger partial charge in [-0.1, -0.05) is 29.8 Å². The van der Waals surface area contributed by atoms with Crippen molar-refractivity contribution in [1.82, 2.24) is 0 Å². The van der Waals surface area contributed by atoms with E-state index in [0.717, 1.165) is 5.56 Å². The van der Waals surface area contributed by atoms with Gasteiger partial charge in [-0.2, -0.15) is 0 Å². The minimum Gasteiger partial charge on any atom is -0.469 e. The van der Waals surface area contributed by atoms with E-state index in [9.17, 15) is 4.79 Å². The van der Waals surface area contributed by atoms with E-state index in [1.54, 1.807) is 0 Å². The highest BCUT2D eigenvalue weighted by atomic mass is 35.5. The Hall–Kier alpha value is -1.06. The number of halogens is 1. The molecule has 0 spiro atoms. The summed E-state index contributed by atoms with van der Waals surface area (Å²) in [7, 11) is 1.38. The second kappa shape index (κ2) is 7.25. The van der Waals surface area contributed by atoms with Crippen molar-refractivity contribution in [3.05, 3.63) is 34.9 Å². The first-order chi connectivity index (χ1) is 7.74. The van der Waals surface area contributed by atoms with E-state index < -0.39 is 0 Å². The van der Waals surface area contributed by atoms with E-state index in [2.05, 4.69) is 4.74 Å². The molecular weight excluding hydrogens is 228 g/mol. The number of hydrogen-bond donors (Lipinski definition) is 0. The standard InChI is InChI=1S/C12H15ClO3/c1-15-12(14)7-4-8-16-9-10-5-2-3-6-11(10)13/h2-3,5-6H,4,7-9H2,1H3. The summed E-state index contributed by atoms with van der Waals surface area (Å²) >= 11 is 5.96. The van der Waals surface area contributed by atoms with Crippen molar-refractivity contribution in [3.8, 4) is 0 Å². The Bertz CT molecular complexity index is 339. The topological polar surface area (TPSA) is 35.5 Å². The van der Waals surface area contributed by atoms with E-state index in [-0.39, 0.29) is 5.97 Å². The third-order valence-electron chi connectivity index (χ3n) is 2.11. The molecule has 0 amide bonds. The van der Waals surface area contributed by atoms with E-state index in [4.69, 9.17) is 16.3 Å². The molecule has 0 aromatic heterocycles. The third kappa shape index (κ3) is 4.64. The molecule has 0 aliphatic carbocycles. The molecule has 0 heterocycles. The molecule has 3 nitrogen and oxygen atoms in total. The Morgan fingerprint density at radius 2 is 2.12 bits per heavy atom. The molecule has 1 aromatic carbocycles. The number of esters is 1. The van der Waals surface area contributed by atoms with Gasteiger partial charge in [0.1, 0.15) is 0 Å².